The van der Waals surface area contributed by atoms with Gasteiger partial charge in [-0.05, 0) is 50.1 Å². The number of pyridine rings is 1. The van der Waals surface area contributed by atoms with Gasteiger partial charge in [-0.2, -0.15) is 4.31 Å². The standard InChI is InChI=1S/C25H31N5O4S/c1-19-6-5-7-24-27-20(16-25(31)30(19)24)18-26-22-17-21(35(32,33)29-10-3-2-4-11-29)8-9-23(22)28-12-14-34-15-13-28/h5-9,16-17,26H,2-4,10-15,18H2,1H3. The first-order valence-electron chi connectivity index (χ1n) is 12.1. The third-order valence-corrected chi connectivity index (χ3v) is 8.56. The highest BCUT2D eigenvalue weighted by Crippen LogP contribution is 2.32. The molecule has 0 saturated carbocycles. The molecule has 0 spiro atoms. The molecular formula is C25H31N5O4S. The highest BCUT2D eigenvalue weighted by Gasteiger charge is 2.27. The fourth-order valence-electron chi connectivity index (χ4n) is 4.79. The SMILES string of the molecule is Cc1cccc2nc(CNc3cc(S(=O)(=O)N4CCCCC4)ccc3N3CCOCC3)cc(=O)n12. The van der Waals surface area contributed by atoms with E-state index in [9.17, 15) is 13.2 Å². The Bertz CT molecular complexity index is 1380. The quantitative estimate of drug-likeness (QED) is 0.559. The van der Waals surface area contributed by atoms with Crippen molar-refractivity contribution in [2.75, 3.05) is 49.6 Å². The monoisotopic (exact) mass is 497 g/mol. The van der Waals surface area contributed by atoms with Crippen molar-refractivity contribution in [3.05, 3.63) is 64.2 Å². The maximum Gasteiger partial charge on any atom is 0.258 e. The number of aryl methyl sites for hydroxylation is 1. The lowest BCUT2D eigenvalue weighted by Gasteiger charge is -2.31. The zero-order valence-corrected chi connectivity index (χ0v) is 20.8. The molecule has 35 heavy (non-hydrogen) atoms. The summed E-state index contributed by atoms with van der Waals surface area (Å²) in [4.78, 5) is 19.8. The van der Waals surface area contributed by atoms with E-state index in [4.69, 9.17) is 4.74 Å². The third kappa shape index (κ3) is 4.91. The number of nitrogens with zero attached hydrogens (tertiary/aromatic N) is 4. The number of rotatable bonds is 6. The fraction of sp³-hybridized carbons (Fsp3) is 0.440. The molecule has 1 N–H and O–H groups in total. The van der Waals surface area contributed by atoms with E-state index >= 15 is 0 Å². The molecule has 186 valence electrons. The molecular weight excluding hydrogens is 466 g/mol. The van der Waals surface area contributed by atoms with Crippen LogP contribution in [-0.4, -0.2) is 61.5 Å². The number of piperidine rings is 1. The predicted octanol–water partition coefficient (Wildman–Crippen LogP) is 2.63. The molecule has 0 amide bonds. The minimum atomic E-state index is -3.57. The van der Waals surface area contributed by atoms with Gasteiger partial charge in [0, 0.05) is 37.9 Å². The fourth-order valence-corrected chi connectivity index (χ4v) is 6.34. The van der Waals surface area contributed by atoms with Gasteiger partial charge in [-0.1, -0.05) is 12.5 Å². The molecule has 1 aromatic carbocycles. The van der Waals surface area contributed by atoms with Crippen molar-refractivity contribution in [2.24, 2.45) is 0 Å². The number of aromatic nitrogens is 2. The smallest absolute Gasteiger partial charge is 0.258 e. The summed E-state index contributed by atoms with van der Waals surface area (Å²) < 4.78 is 35.3. The Balaban J connectivity index is 1.47. The molecule has 10 heteroatoms. The van der Waals surface area contributed by atoms with Crippen molar-refractivity contribution in [2.45, 2.75) is 37.6 Å². The number of ether oxygens (including phenoxy) is 1. The van der Waals surface area contributed by atoms with Gasteiger partial charge in [0.15, 0.2) is 0 Å². The molecule has 0 radical (unpaired) electrons. The van der Waals surface area contributed by atoms with E-state index in [2.05, 4.69) is 15.2 Å². The Morgan fingerprint density at radius 1 is 1.00 bits per heavy atom. The van der Waals surface area contributed by atoms with Crippen molar-refractivity contribution in [3.63, 3.8) is 0 Å². The zero-order chi connectivity index (χ0) is 24.4. The van der Waals surface area contributed by atoms with Crippen molar-refractivity contribution in [1.82, 2.24) is 13.7 Å². The Labute approximate surface area is 205 Å². The second kappa shape index (κ2) is 9.96. The molecule has 2 fully saturated rings. The first kappa shape index (κ1) is 23.8. The molecule has 2 saturated heterocycles. The van der Waals surface area contributed by atoms with Crippen LogP contribution < -0.4 is 15.8 Å². The molecule has 2 aliphatic heterocycles. The summed E-state index contributed by atoms with van der Waals surface area (Å²) >= 11 is 0. The second-order valence-corrected chi connectivity index (χ2v) is 11.0. The number of benzene rings is 1. The minimum Gasteiger partial charge on any atom is -0.378 e. The summed E-state index contributed by atoms with van der Waals surface area (Å²) in [5.74, 6) is 0. The number of nitrogens with one attached hydrogen (secondary N) is 1. The van der Waals surface area contributed by atoms with Crippen molar-refractivity contribution < 1.29 is 13.2 Å². The summed E-state index contributed by atoms with van der Waals surface area (Å²) in [6.07, 6.45) is 2.84. The topological polar surface area (TPSA) is 96.2 Å². The highest BCUT2D eigenvalue weighted by molar-refractivity contribution is 7.89. The molecule has 9 nitrogen and oxygen atoms in total. The molecule has 0 aliphatic carbocycles. The maximum atomic E-state index is 13.3. The molecule has 3 aromatic rings. The van der Waals surface area contributed by atoms with Gasteiger partial charge >= 0.3 is 0 Å². The summed E-state index contributed by atoms with van der Waals surface area (Å²) in [5, 5.41) is 3.37. The van der Waals surface area contributed by atoms with E-state index in [-0.39, 0.29) is 10.5 Å². The minimum absolute atomic E-state index is 0.139. The van der Waals surface area contributed by atoms with Gasteiger partial charge in [0.25, 0.3) is 5.56 Å². The molecule has 4 heterocycles. The number of morpholine rings is 1. The summed E-state index contributed by atoms with van der Waals surface area (Å²) in [5.41, 5.74) is 3.49. The van der Waals surface area contributed by atoms with E-state index in [1.54, 1.807) is 20.8 Å². The van der Waals surface area contributed by atoms with Gasteiger partial charge in [0.1, 0.15) is 5.65 Å². The Hall–Kier alpha value is -2.95. The predicted molar refractivity (Wildman–Crippen MR) is 136 cm³/mol. The average molecular weight is 498 g/mol. The van der Waals surface area contributed by atoms with Crippen LogP contribution in [0.25, 0.3) is 5.65 Å². The molecule has 5 rings (SSSR count). The first-order valence-corrected chi connectivity index (χ1v) is 13.6. The van der Waals surface area contributed by atoms with Crippen LogP contribution in [0.1, 0.15) is 30.7 Å². The molecule has 2 aliphatic rings. The number of anilines is 2. The van der Waals surface area contributed by atoms with E-state index in [1.165, 1.54) is 6.07 Å². The maximum absolute atomic E-state index is 13.3. The van der Waals surface area contributed by atoms with Crippen LogP contribution in [-0.2, 0) is 21.3 Å². The largest absolute Gasteiger partial charge is 0.378 e. The van der Waals surface area contributed by atoms with Crippen molar-refractivity contribution in [3.8, 4) is 0 Å². The summed E-state index contributed by atoms with van der Waals surface area (Å²) in [7, 11) is -3.57. The number of hydrogen-bond donors (Lipinski definition) is 1. The van der Waals surface area contributed by atoms with Crippen molar-refractivity contribution in [1.29, 1.82) is 0 Å². The van der Waals surface area contributed by atoms with Crippen LogP contribution in [0.3, 0.4) is 0 Å². The van der Waals surface area contributed by atoms with Gasteiger partial charge in [-0.3, -0.25) is 9.20 Å². The lowest BCUT2D eigenvalue weighted by Crippen LogP contribution is -2.37. The molecule has 0 bridgehead atoms. The average Bonchev–Trinajstić information content (AvgIpc) is 2.88. The number of fused-ring (bicyclic) bond motifs is 1. The van der Waals surface area contributed by atoms with Crippen molar-refractivity contribution >= 4 is 27.0 Å². The molecule has 0 unspecified atom stereocenters. The van der Waals surface area contributed by atoms with Crippen LogP contribution in [0.5, 0.6) is 0 Å². The Morgan fingerprint density at radius 2 is 1.77 bits per heavy atom. The Morgan fingerprint density at radius 3 is 2.54 bits per heavy atom. The first-order chi connectivity index (χ1) is 16.9. The third-order valence-electron chi connectivity index (χ3n) is 6.67. The number of hydrogen-bond acceptors (Lipinski definition) is 7. The molecule has 2 aromatic heterocycles. The Kier molecular flexibility index (Phi) is 6.77. The van der Waals surface area contributed by atoms with Gasteiger partial charge in [-0.15, -0.1) is 0 Å². The van der Waals surface area contributed by atoms with Crippen LogP contribution in [0.2, 0.25) is 0 Å². The highest BCUT2D eigenvalue weighted by atomic mass is 32.2. The molecule has 0 atom stereocenters. The zero-order valence-electron chi connectivity index (χ0n) is 19.9. The van der Waals surface area contributed by atoms with Gasteiger partial charge in [0.2, 0.25) is 10.0 Å². The van der Waals surface area contributed by atoms with Crippen LogP contribution in [0, 0.1) is 6.92 Å². The van der Waals surface area contributed by atoms with Crippen LogP contribution in [0.4, 0.5) is 11.4 Å². The number of sulfonamides is 1. The lowest BCUT2D eigenvalue weighted by atomic mass is 10.2. The van der Waals surface area contributed by atoms with E-state index in [0.29, 0.717) is 49.9 Å². The van der Waals surface area contributed by atoms with Crippen LogP contribution >= 0.6 is 0 Å². The van der Waals surface area contributed by atoms with Crippen LogP contribution in [0.15, 0.2) is 52.2 Å². The van der Waals surface area contributed by atoms with Gasteiger partial charge < -0.3 is 15.0 Å². The van der Waals surface area contributed by atoms with E-state index in [0.717, 1.165) is 43.7 Å². The van der Waals surface area contributed by atoms with E-state index < -0.39 is 10.0 Å². The normalized spacial score (nSPS) is 17.6. The summed E-state index contributed by atoms with van der Waals surface area (Å²) in [6.45, 7) is 5.97. The van der Waals surface area contributed by atoms with E-state index in [1.807, 2.05) is 31.2 Å². The lowest BCUT2D eigenvalue weighted by molar-refractivity contribution is 0.123. The summed E-state index contributed by atoms with van der Waals surface area (Å²) in [6, 6.07) is 12.4. The van der Waals surface area contributed by atoms with Gasteiger partial charge in [-0.25, -0.2) is 13.4 Å². The van der Waals surface area contributed by atoms with Gasteiger partial charge in [0.05, 0.1) is 41.7 Å². The second-order valence-electron chi connectivity index (χ2n) is 9.04.